The van der Waals surface area contributed by atoms with Crippen LogP contribution in [-0.2, 0) is 4.79 Å². The van der Waals surface area contributed by atoms with Crippen LogP contribution >= 0.6 is 23.2 Å². The monoisotopic (exact) mass is 354 g/mol. The van der Waals surface area contributed by atoms with E-state index in [9.17, 15) is 4.79 Å². The number of benzene rings is 1. The van der Waals surface area contributed by atoms with Crippen molar-refractivity contribution in [2.75, 3.05) is 26.2 Å². The smallest absolute Gasteiger partial charge is 0.226 e. The summed E-state index contributed by atoms with van der Waals surface area (Å²) in [5, 5.41) is 4.73. The van der Waals surface area contributed by atoms with Gasteiger partial charge in [0.05, 0.1) is 0 Å². The van der Waals surface area contributed by atoms with E-state index in [1.54, 1.807) is 6.07 Å². The first-order valence-corrected chi connectivity index (χ1v) is 9.30. The van der Waals surface area contributed by atoms with Gasteiger partial charge in [-0.3, -0.25) is 4.79 Å². The highest BCUT2D eigenvalue weighted by atomic mass is 35.5. The van der Waals surface area contributed by atoms with Gasteiger partial charge in [0.2, 0.25) is 5.91 Å². The number of carbonyl (C=O) groups is 1. The molecule has 1 saturated carbocycles. The van der Waals surface area contributed by atoms with Crippen LogP contribution in [0, 0.1) is 11.8 Å². The van der Waals surface area contributed by atoms with E-state index in [2.05, 4.69) is 17.1 Å². The molecule has 2 unspecified atom stereocenters. The molecule has 2 atom stereocenters. The molecule has 1 aliphatic heterocycles. The van der Waals surface area contributed by atoms with E-state index in [-0.39, 0.29) is 11.8 Å². The van der Waals surface area contributed by atoms with Gasteiger partial charge in [0, 0.05) is 29.1 Å². The molecular weight excluding hydrogens is 331 g/mol. The van der Waals surface area contributed by atoms with E-state index in [1.807, 2.05) is 12.1 Å². The number of nitrogens with one attached hydrogen (secondary N) is 1. The lowest BCUT2D eigenvalue weighted by molar-refractivity contribution is -0.134. The lowest BCUT2D eigenvalue weighted by atomic mass is 9.96. The minimum atomic E-state index is 0.110. The number of halogens is 2. The molecule has 0 aromatic heterocycles. The summed E-state index contributed by atoms with van der Waals surface area (Å²) in [6, 6.07) is 5.59. The Morgan fingerprint density at radius 1 is 1.30 bits per heavy atom. The van der Waals surface area contributed by atoms with Crippen molar-refractivity contribution in [2.45, 2.75) is 32.1 Å². The van der Waals surface area contributed by atoms with Crippen LogP contribution < -0.4 is 5.32 Å². The molecule has 126 valence electrons. The van der Waals surface area contributed by atoms with Crippen LogP contribution in [-0.4, -0.2) is 37.0 Å². The molecule has 2 aliphatic rings. The number of likely N-dealkylation sites (tertiary alicyclic amines) is 1. The first-order chi connectivity index (χ1) is 11.1. The van der Waals surface area contributed by atoms with Gasteiger partial charge in [0.1, 0.15) is 0 Å². The highest BCUT2D eigenvalue weighted by Gasteiger charge is 2.46. The van der Waals surface area contributed by atoms with Crippen molar-refractivity contribution in [3.05, 3.63) is 33.8 Å². The second-order valence-electron chi connectivity index (χ2n) is 6.69. The number of carbonyl (C=O) groups excluding carboxylic acids is 1. The normalized spacial score (nSPS) is 24.7. The lowest BCUT2D eigenvalue weighted by Gasteiger charge is -2.32. The van der Waals surface area contributed by atoms with E-state index >= 15 is 0 Å². The second kappa shape index (κ2) is 7.42. The maximum atomic E-state index is 12.7. The summed E-state index contributed by atoms with van der Waals surface area (Å²) >= 11 is 12.2. The predicted octanol–water partition coefficient (Wildman–Crippen LogP) is 3.95. The predicted molar refractivity (Wildman–Crippen MR) is 95.2 cm³/mol. The van der Waals surface area contributed by atoms with Crippen LogP contribution in [0.15, 0.2) is 18.2 Å². The Morgan fingerprint density at radius 3 is 2.70 bits per heavy atom. The highest BCUT2D eigenvalue weighted by Crippen LogP contribution is 2.51. The molecule has 23 heavy (non-hydrogen) atoms. The molecule has 1 aromatic carbocycles. The minimum Gasteiger partial charge on any atom is -0.342 e. The number of hydrogen-bond donors (Lipinski definition) is 1. The molecule has 0 radical (unpaired) electrons. The zero-order valence-corrected chi connectivity index (χ0v) is 15.0. The van der Waals surface area contributed by atoms with Crippen molar-refractivity contribution in [1.29, 1.82) is 0 Å². The third-order valence-corrected chi connectivity index (χ3v) is 5.64. The van der Waals surface area contributed by atoms with Crippen LogP contribution in [0.1, 0.15) is 37.7 Å². The number of amides is 1. The largest absolute Gasteiger partial charge is 0.342 e. The third-order valence-electron chi connectivity index (χ3n) is 5.08. The lowest BCUT2D eigenvalue weighted by Crippen LogP contribution is -2.41. The van der Waals surface area contributed by atoms with Crippen molar-refractivity contribution in [1.82, 2.24) is 10.2 Å². The molecule has 1 aliphatic carbocycles. The molecule has 3 rings (SSSR count). The van der Waals surface area contributed by atoms with E-state index in [1.165, 1.54) is 0 Å². The molecule has 1 heterocycles. The fourth-order valence-electron chi connectivity index (χ4n) is 3.55. The third kappa shape index (κ3) is 4.01. The molecule has 1 N–H and O–H groups in total. The molecule has 1 amide bonds. The average Bonchev–Trinajstić information content (AvgIpc) is 3.33. The summed E-state index contributed by atoms with van der Waals surface area (Å²) in [6.07, 6.45) is 3.13. The zero-order valence-electron chi connectivity index (χ0n) is 13.5. The van der Waals surface area contributed by atoms with Crippen molar-refractivity contribution < 1.29 is 4.79 Å². The van der Waals surface area contributed by atoms with Crippen molar-refractivity contribution in [2.24, 2.45) is 11.8 Å². The van der Waals surface area contributed by atoms with Crippen molar-refractivity contribution >= 4 is 29.1 Å². The van der Waals surface area contributed by atoms with Crippen LogP contribution in [0.25, 0.3) is 0 Å². The summed E-state index contributed by atoms with van der Waals surface area (Å²) < 4.78 is 0. The number of hydrogen-bond acceptors (Lipinski definition) is 2. The summed E-state index contributed by atoms with van der Waals surface area (Å²) in [5.41, 5.74) is 1.07. The summed E-state index contributed by atoms with van der Waals surface area (Å²) in [6.45, 7) is 6.02. The fourth-order valence-corrected chi connectivity index (χ4v) is 4.10. The SMILES string of the molecule is CCNCC1CCN(C(=O)C2CC2c2ccc(Cl)cc2Cl)CC1. The molecule has 1 aromatic rings. The van der Waals surface area contributed by atoms with E-state index in [0.717, 1.165) is 51.0 Å². The van der Waals surface area contributed by atoms with Gasteiger partial charge in [-0.15, -0.1) is 0 Å². The van der Waals surface area contributed by atoms with Gasteiger partial charge >= 0.3 is 0 Å². The van der Waals surface area contributed by atoms with Gasteiger partial charge in [-0.05, 0) is 61.9 Å². The first kappa shape index (κ1) is 17.1. The van der Waals surface area contributed by atoms with E-state index in [4.69, 9.17) is 23.2 Å². The molecule has 0 bridgehead atoms. The van der Waals surface area contributed by atoms with Crippen LogP contribution in [0.3, 0.4) is 0 Å². The van der Waals surface area contributed by atoms with Gasteiger partial charge in [-0.1, -0.05) is 36.2 Å². The Labute approximate surface area is 148 Å². The number of piperidine rings is 1. The van der Waals surface area contributed by atoms with Gasteiger partial charge < -0.3 is 10.2 Å². The number of rotatable bonds is 5. The molecule has 2 fully saturated rings. The standard InChI is InChI=1S/C18H24Cl2N2O/c1-2-21-11-12-5-7-22(8-6-12)18(23)16-10-15(16)14-4-3-13(19)9-17(14)20/h3-4,9,12,15-16,21H,2,5-8,10-11H2,1H3. The van der Waals surface area contributed by atoms with E-state index in [0.29, 0.717) is 21.9 Å². The summed E-state index contributed by atoms with van der Waals surface area (Å²) in [7, 11) is 0. The maximum absolute atomic E-state index is 12.7. The minimum absolute atomic E-state index is 0.110. The Kier molecular flexibility index (Phi) is 5.50. The molecular formula is C18H24Cl2N2O. The molecule has 0 spiro atoms. The Bertz CT molecular complexity index is 570. The van der Waals surface area contributed by atoms with Gasteiger partial charge in [0.25, 0.3) is 0 Å². The average molecular weight is 355 g/mol. The Balaban J connectivity index is 1.53. The van der Waals surface area contributed by atoms with Crippen molar-refractivity contribution in [3.8, 4) is 0 Å². The molecule has 1 saturated heterocycles. The molecule has 3 nitrogen and oxygen atoms in total. The van der Waals surface area contributed by atoms with Gasteiger partial charge in [-0.25, -0.2) is 0 Å². The van der Waals surface area contributed by atoms with Crippen LogP contribution in [0.5, 0.6) is 0 Å². The van der Waals surface area contributed by atoms with E-state index < -0.39 is 0 Å². The second-order valence-corrected chi connectivity index (χ2v) is 7.53. The van der Waals surface area contributed by atoms with Crippen molar-refractivity contribution in [3.63, 3.8) is 0 Å². The quantitative estimate of drug-likeness (QED) is 0.868. The Morgan fingerprint density at radius 2 is 2.04 bits per heavy atom. The van der Waals surface area contributed by atoms with Gasteiger partial charge in [0.15, 0.2) is 0 Å². The summed E-state index contributed by atoms with van der Waals surface area (Å²) in [4.78, 5) is 14.7. The zero-order chi connectivity index (χ0) is 16.4. The maximum Gasteiger partial charge on any atom is 0.226 e. The van der Waals surface area contributed by atoms with Crippen LogP contribution in [0.4, 0.5) is 0 Å². The highest BCUT2D eigenvalue weighted by molar-refractivity contribution is 6.35. The fraction of sp³-hybridized carbons (Fsp3) is 0.611. The topological polar surface area (TPSA) is 32.3 Å². The Hall–Kier alpha value is -0.770. The number of nitrogens with zero attached hydrogens (tertiary/aromatic N) is 1. The summed E-state index contributed by atoms with van der Waals surface area (Å²) in [5.74, 6) is 1.40. The first-order valence-electron chi connectivity index (χ1n) is 8.54. The molecule has 5 heteroatoms. The van der Waals surface area contributed by atoms with Gasteiger partial charge in [-0.2, -0.15) is 0 Å². The van der Waals surface area contributed by atoms with Crippen LogP contribution in [0.2, 0.25) is 10.0 Å².